The van der Waals surface area contributed by atoms with E-state index in [9.17, 15) is 0 Å². The molecular formula is C13H21N3S. The van der Waals surface area contributed by atoms with Crippen molar-refractivity contribution in [2.75, 3.05) is 11.5 Å². The van der Waals surface area contributed by atoms with Gasteiger partial charge in [-0.15, -0.1) is 0 Å². The van der Waals surface area contributed by atoms with E-state index in [0.29, 0.717) is 18.1 Å². The highest BCUT2D eigenvalue weighted by Crippen LogP contribution is 2.32. The van der Waals surface area contributed by atoms with E-state index in [1.165, 1.54) is 42.9 Å². The molecule has 2 aliphatic rings. The van der Waals surface area contributed by atoms with Crippen LogP contribution in [0.15, 0.2) is 12.5 Å². The Morgan fingerprint density at radius 1 is 1.41 bits per heavy atom. The topological polar surface area (TPSA) is 29.9 Å². The fraction of sp³-hybridized carbons (Fsp3) is 0.769. The van der Waals surface area contributed by atoms with Crippen LogP contribution in [0.25, 0.3) is 0 Å². The summed E-state index contributed by atoms with van der Waals surface area (Å²) in [6.45, 7) is 2.29. The Kier molecular flexibility index (Phi) is 3.43. The summed E-state index contributed by atoms with van der Waals surface area (Å²) in [6, 6.07) is 1.85. The quantitative estimate of drug-likeness (QED) is 0.876. The zero-order chi connectivity index (χ0) is 11.7. The number of nitrogens with one attached hydrogen (secondary N) is 1. The molecule has 3 unspecified atom stereocenters. The summed E-state index contributed by atoms with van der Waals surface area (Å²) in [7, 11) is 0. The van der Waals surface area contributed by atoms with E-state index in [1.54, 1.807) is 0 Å². The van der Waals surface area contributed by atoms with Crippen LogP contribution >= 0.6 is 11.8 Å². The van der Waals surface area contributed by atoms with Crippen LogP contribution in [0.5, 0.6) is 0 Å². The van der Waals surface area contributed by atoms with Crippen molar-refractivity contribution < 1.29 is 0 Å². The van der Waals surface area contributed by atoms with Gasteiger partial charge in [-0.05, 0) is 38.4 Å². The summed E-state index contributed by atoms with van der Waals surface area (Å²) in [4.78, 5) is 4.38. The molecule has 4 heteroatoms. The van der Waals surface area contributed by atoms with Crippen molar-refractivity contribution in [1.82, 2.24) is 14.9 Å². The molecule has 2 saturated heterocycles. The highest BCUT2D eigenvalue weighted by atomic mass is 32.2. The average molecular weight is 251 g/mol. The lowest BCUT2D eigenvalue weighted by molar-refractivity contribution is 0.324. The maximum Gasteiger partial charge on any atom is 0.0951 e. The Morgan fingerprint density at radius 2 is 2.35 bits per heavy atom. The minimum Gasteiger partial charge on any atom is -0.329 e. The predicted molar refractivity (Wildman–Crippen MR) is 72.4 cm³/mol. The standard InChI is InChI=1S/C13H21N3S/c1-10-3-2-4-12(15-10)13-7-14-9-16(13)11-5-6-17-8-11/h7,9-12,15H,2-6,8H2,1H3. The first-order valence-corrected chi connectivity index (χ1v) is 7.85. The molecule has 0 aromatic carbocycles. The highest BCUT2D eigenvalue weighted by molar-refractivity contribution is 7.99. The largest absolute Gasteiger partial charge is 0.329 e. The van der Waals surface area contributed by atoms with Gasteiger partial charge in [0.25, 0.3) is 0 Å². The number of thioether (sulfide) groups is 1. The van der Waals surface area contributed by atoms with Crippen LogP contribution in [0.4, 0.5) is 0 Å². The Balaban J connectivity index is 1.79. The Labute approximate surface area is 107 Å². The first-order chi connectivity index (χ1) is 8.34. The summed E-state index contributed by atoms with van der Waals surface area (Å²) in [6.07, 6.45) is 9.31. The lowest BCUT2D eigenvalue weighted by atomic mass is 9.97. The van der Waals surface area contributed by atoms with Gasteiger partial charge in [-0.25, -0.2) is 4.98 Å². The molecule has 1 aromatic heterocycles. The van der Waals surface area contributed by atoms with Crippen LogP contribution in [0.3, 0.4) is 0 Å². The number of rotatable bonds is 2. The van der Waals surface area contributed by atoms with E-state index < -0.39 is 0 Å². The minimum atomic E-state index is 0.520. The molecule has 2 aliphatic heterocycles. The first kappa shape index (κ1) is 11.6. The van der Waals surface area contributed by atoms with Gasteiger partial charge in [0.15, 0.2) is 0 Å². The van der Waals surface area contributed by atoms with E-state index in [-0.39, 0.29) is 0 Å². The Hall–Kier alpha value is -0.480. The number of hydrogen-bond donors (Lipinski definition) is 1. The monoisotopic (exact) mass is 251 g/mol. The summed E-state index contributed by atoms with van der Waals surface area (Å²) in [5.41, 5.74) is 1.41. The molecule has 3 rings (SSSR count). The molecule has 0 spiro atoms. The minimum absolute atomic E-state index is 0.520. The first-order valence-electron chi connectivity index (χ1n) is 6.70. The van der Waals surface area contributed by atoms with Crippen molar-refractivity contribution in [2.24, 2.45) is 0 Å². The van der Waals surface area contributed by atoms with Gasteiger partial charge in [-0.2, -0.15) is 11.8 Å². The zero-order valence-electron chi connectivity index (χ0n) is 10.4. The Bertz CT molecular complexity index is 370. The number of imidazole rings is 1. The third-order valence-corrected chi connectivity index (χ3v) is 5.11. The van der Waals surface area contributed by atoms with Crippen LogP contribution in [0, 0.1) is 0 Å². The highest BCUT2D eigenvalue weighted by Gasteiger charge is 2.26. The summed E-state index contributed by atoms with van der Waals surface area (Å²) in [5, 5.41) is 3.71. The fourth-order valence-corrected chi connectivity index (χ4v) is 4.21. The third kappa shape index (κ3) is 2.38. The summed E-state index contributed by atoms with van der Waals surface area (Å²) < 4.78 is 2.43. The summed E-state index contributed by atoms with van der Waals surface area (Å²) >= 11 is 2.07. The molecule has 3 heterocycles. The SMILES string of the molecule is CC1CCCC(c2cncn2C2CCSC2)N1. The molecule has 0 amide bonds. The number of hydrogen-bond acceptors (Lipinski definition) is 3. The van der Waals surface area contributed by atoms with Gasteiger partial charge in [0.2, 0.25) is 0 Å². The van der Waals surface area contributed by atoms with Gasteiger partial charge in [0, 0.05) is 30.1 Å². The van der Waals surface area contributed by atoms with Crippen LogP contribution < -0.4 is 5.32 Å². The summed E-state index contributed by atoms with van der Waals surface area (Å²) in [5.74, 6) is 2.56. The molecule has 3 nitrogen and oxygen atoms in total. The number of piperidine rings is 1. The lowest BCUT2D eigenvalue weighted by Crippen LogP contribution is -2.36. The van der Waals surface area contributed by atoms with Crippen molar-refractivity contribution >= 4 is 11.8 Å². The van der Waals surface area contributed by atoms with Crippen molar-refractivity contribution in [3.05, 3.63) is 18.2 Å². The van der Waals surface area contributed by atoms with Crippen molar-refractivity contribution in [2.45, 2.75) is 50.7 Å². The van der Waals surface area contributed by atoms with E-state index in [1.807, 2.05) is 6.33 Å². The van der Waals surface area contributed by atoms with Gasteiger partial charge in [0.05, 0.1) is 12.0 Å². The van der Waals surface area contributed by atoms with Gasteiger partial charge >= 0.3 is 0 Å². The Morgan fingerprint density at radius 3 is 3.12 bits per heavy atom. The molecule has 0 radical (unpaired) electrons. The third-order valence-electron chi connectivity index (χ3n) is 3.97. The normalized spacial score (nSPS) is 34.1. The predicted octanol–water partition coefficient (Wildman–Crippen LogP) is 2.76. The molecular weight excluding hydrogens is 230 g/mol. The van der Waals surface area contributed by atoms with Crippen LogP contribution in [0.1, 0.15) is 50.4 Å². The maximum absolute atomic E-state index is 4.38. The van der Waals surface area contributed by atoms with Crippen LogP contribution in [0.2, 0.25) is 0 Å². The molecule has 1 N–H and O–H groups in total. The van der Waals surface area contributed by atoms with Crippen LogP contribution in [-0.2, 0) is 0 Å². The van der Waals surface area contributed by atoms with Gasteiger partial charge < -0.3 is 9.88 Å². The second-order valence-corrected chi connectivity index (χ2v) is 6.44. The molecule has 2 fully saturated rings. The van der Waals surface area contributed by atoms with Gasteiger partial charge in [-0.3, -0.25) is 0 Å². The smallest absolute Gasteiger partial charge is 0.0951 e. The lowest BCUT2D eigenvalue weighted by Gasteiger charge is -2.30. The molecule has 3 atom stereocenters. The number of nitrogens with zero attached hydrogens (tertiary/aromatic N) is 2. The zero-order valence-corrected chi connectivity index (χ0v) is 11.2. The van der Waals surface area contributed by atoms with Crippen LogP contribution in [-0.4, -0.2) is 27.1 Å². The van der Waals surface area contributed by atoms with Crippen molar-refractivity contribution in [3.8, 4) is 0 Å². The molecule has 0 bridgehead atoms. The molecule has 0 aliphatic carbocycles. The number of aromatic nitrogens is 2. The van der Waals surface area contributed by atoms with E-state index in [0.717, 1.165) is 0 Å². The molecule has 94 valence electrons. The van der Waals surface area contributed by atoms with Gasteiger partial charge in [0.1, 0.15) is 0 Å². The second-order valence-electron chi connectivity index (χ2n) is 5.29. The molecule has 1 aromatic rings. The van der Waals surface area contributed by atoms with E-state index in [4.69, 9.17) is 0 Å². The van der Waals surface area contributed by atoms with E-state index >= 15 is 0 Å². The van der Waals surface area contributed by atoms with Gasteiger partial charge in [-0.1, -0.05) is 0 Å². The average Bonchev–Trinajstić information content (AvgIpc) is 3.00. The second kappa shape index (κ2) is 5.02. The van der Waals surface area contributed by atoms with E-state index in [2.05, 4.69) is 39.8 Å². The molecule has 17 heavy (non-hydrogen) atoms. The van der Waals surface area contributed by atoms with Crippen molar-refractivity contribution in [3.63, 3.8) is 0 Å². The maximum atomic E-state index is 4.38. The van der Waals surface area contributed by atoms with Crippen molar-refractivity contribution in [1.29, 1.82) is 0 Å². The molecule has 0 saturated carbocycles. The fourth-order valence-electron chi connectivity index (χ4n) is 3.00.